The molecule has 0 aliphatic carbocycles. The lowest BCUT2D eigenvalue weighted by Crippen LogP contribution is -2.15. The number of benzene rings is 2. The van der Waals surface area contributed by atoms with Gasteiger partial charge in [-0.25, -0.2) is 0 Å². The largest absolute Gasteiger partial charge is 0.366 e. The summed E-state index contributed by atoms with van der Waals surface area (Å²) in [7, 11) is 0. The normalized spacial score (nSPS) is 10.3. The molecule has 0 saturated heterocycles. The van der Waals surface area contributed by atoms with Crippen molar-refractivity contribution in [3.05, 3.63) is 58.1 Å². The highest BCUT2D eigenvalue weighted by atomic mass is 32.2. The molecular weight excluding hydrogens is 362 g/mol. The van der Waals surface area contributed by atoms with Crippen LogP contribution in [0.15, 0.2) is 52.3 Å². The molecule has 3 N–H and O–H groups in total. The van der Waals surface area contributed by atoms with E-state index in [1.54, 1.807) is 6.07 Å². The van der Waals surface area contributed by atoms with Gasteiger partial charge in [-0.3, -0.25) is 19.7 Å². The van der Waals surface area contributed by atoms with Crippen molar-refractivity contribution in [1.82, 2.24) is 0 Å². The average molecular weight is 377 g/mol. The van der Waals surface area contributed by atoms with E-state index < -0.39 is 10.8 Å². The Balaban J connectivity index is 2.09. The first kappa shape index (κ1) is 18.8. The third-order valence-corrected chi connectivity index (χ3v) is 5.04. The van der Waals surface area contributed by atoms with Gasteiger partial charge in [0.2, 0.25) is 11.8 Å². The molecule has 2 aromatic rings. The monoisotopic (exact) mass is 377 g/mol. The van der Waals surface area contributed by atoms with Gasteiger partial charge in [-0.05, 0) is 30.5 Å². The van der Waals surface area contributed by atoms with Crippen molar-refractivity contribution in [2.75, 3.05) is 17.3 Å². The van der Waals surface area contributed by atoms with Gasteiger partial charge >= 0.3 is 0 Å². The van der Waals surface area contributed by atoms with Crippen LogP contribution in [0.2, 0.25) is 0 Å². The number of carbonyl (C=O) groups is 2. The van der Waals surface area contributed by atoms with Crippen molar-refractivity contribution in [3.63, 3.8) is 0 Å². The van der Waals surface area contributed by atoms with Gasteiger partial charge in [0.1, 0.15) is 0 Å². The predicted octanol–water partition coefficient (Wildman–Crippen LogP) is 3.15. The van der Waals surface area contributed by atoms with Gasteiger partial charge < -0.3 is 11.1 Å². The molecule has 0 heterocycles. The molecule has 0 aromatic heterocycles. The number of rotatable bonds is 7. The number of nitrogens with two attached hydrogens (primary N) is 1. The van der Waals surface area contributed by atoms with E-state index in [-0.39, 0.29) is 22.9 Å². The number of nitro benzene ring substituents is 1. The highest BCUT2D eigenvalue weighted by Gasteiger charge is 2.18. The molecule has 9 heteroatoms. The summed E-state index contributed by atoms with van der Waals surface area (Å²) in [5.74, 6) is -1.02. The van der Waals surface area contributed by atoms with E-state index in [0.717, 1.165) is 22.7 Å². The van der Waals surface area contributed by atoms with Crippen LogP contribution in [-0.2, 0) is 4.79 Å². The van der Waals surface area contributed by atoms with E-state index >= 15 is 0 Å². The number of carbonyl (C=O) groups excluding carboxylic acids is 2. The molecular formula is C16H15N3O4S2. The molecule has 25 heavy (non-hydrogen) atoms. The Morgan fingerprint density at radius 2 is 1.92 bits per heavy atom. The number of anilines is 1. The maximum Gasteiger partial charge on any atom is 0.283 e. The molecule has 7 nitrogen and oxygen atoms in total. The van der Waals surface area contributed by atoms with Gasteiger partial charge in [0.05, 0.1) is 21.3 Å². The zero-order valence-corrected chi connectivity index (χ0v) is 14.9. The zero-order valence-electron chi connectivity index (χ0n) is 13.2. The van der Waals surface area contributed by atoms with E-state index in [4.69, 9.17) is 5.73 Å². The first-order chi connectivity index (χ1) is 11.9. The highest BCUT2D eigenvalue weighted by molar-refractivity contribution is 8.00. The second-order valence-corrected chi connectivity index (χ2v) is 6.71. The Kier molecular flexibility index (Phi) is 6.43. The summed E-state index contributed by atoms with van der Waals surface area (Å²) < 4.78 is 0. The fraction of sp³-hybridized carbons (Fsp3) is 0.125. The van der Waals surface area contributed by atoms with Gasteiger partial charge in [-0.15, -0.1) is 23.5 Å². The van der Waals surface area contributed by atoms with Crippen LogP contribution in [0.25, 0.3) is 0 Å². The third-order valence-electron chi connectivity index (χ3n) is 3.18. The topological polar surface area (TPSA) is 115 Å². The molecule has 0 saturated carbocycles. The van der Waals surface area contributed by atoms with Crippen molar-refractivity contribution >= 4 is 46.7 Å². The molecule has 0 fully saturated rings. The van der Waals surface area contributed by atoms with Crippen LogP contribution in [0.4, 0.5) is 11.4 Å². The second kappa shape index (κ2) is 8.54. The maximum absolute atomic E-state index is 12.1. The van der Waals surface area contributed by atoms with Crippen molar-refractivity contribution < 1.29 is 14.5 Å². The summed E-state index contributed by atoms with van der Waals surface area (Å²) in [5.41, 5.74) is 5.63. The number of thioether (sulfide) groups is 2. The molecule has 0 aliphatic heterocycles. The van der Waals surface area contributed by atoms with Crippen LogP contribution in [0.3, 0.4) is 0 Å². The summed E-state index contributed by atoms with van der Waals surface area (Å²) in [6.07, 6.45) is 1.91. The molecule has 0 aliphatic rings. The minimum atomic E-state index is -0.744. The first-order valence-corrected chi connectivity index (χ1v) is 9.27. The smallest absolute Gasteiger partial charge is 0.283 e. The number of nitro groups is 1. The van der Waals surface area contributed by atoms with Gasteiger partial charge in [0, 0.05) is 16.5 Å². The van der Waals surface area contributed by atoms with Crippen LogP contribution in [0.1, 0.15) is 10.4 Å². The van der Waals surface area contributed by atoms with Gasteiger partial charge in [-0.1, -0.05) is 12.1 Å². The standard InChI is InChI=1S/C16H15N3O4S2/c1-24-13-5-3-2-4-11(13)18-15(20)9-25-14-7-6-10(16(17)21)8-12(14)19(22)23/h2-8H,9H2,1H3,(H2,17,21)(H,18,20). The summed E-state index contributed by atoms with van der Waals surface area (Å²) in [6.45, 7) is 0. The van der Waals surface area contributed by atoms with E-state index in [9.17, 15) is 19.7 Å². The minimum Gasteiger partial charge on any atom is -0.366 e. The van der Waals surface area contributed by atoms with Crippen LogP contribution >= 0.6 is 23.5 Å². The Labute approximate surface area is 152 Å². The number of hydrogen-bond donors (Lipinski definition) is 2. The van der Waals surface area contributed by atoms with E-state index in [1.807, 2.05) is 24.5 Å². The number of primary amides is 1. The van der Waals surface area contributed by atoms with Crippen molar-refractivity contribution in [2.24, 2.45) is 5.73 Å². The number of hydrogen-bond acceptors (Lipinski definition) is 6. The molecule has 0 bridgehead atoms. The van der Waals surface area contributed by atoms with Gasteiger partial charge in [-0.2, -0.15) is 0 Å². The highest BCUT2D eigenvalue weighted by Crippen LogP contribution is 2.30. The van der Waals surface area contributed by atoms with E-state index in [1.165, 1.54) is 23.9 Å². The molecule has 2 aromatic carbocycles. The van der Waals surface area contributed by atoms with E-state index in [0.29, 0.717) is 10.6 Å². The summed E-state index contributed by atoms with van der Waals surface area (Å²) in [5, 5.41) is 13.9. The average Bonchev–Trinajstić information content (AvgIpc) is 2.60. The van der Waals surface area contributed by atoms with Crippen molar-refractivity contribution in [2.45, 2.75) is 9.79 Å². The zero-order chi connectivity index (χ0) is 18.4. The maximum atomic E-state index is 12.1. The van der Waals surface area contributed by atoms with Crippen LogP contribution in [-0.4, -0.2) is 28.7 Å². The molecule has 0 atom stereocenters. The predicted molar refractivity (Wildman–Crippen MR) is 99.2 cm³/mol. The Bertz CT molecular complexity index is 827. The number of para-hydroxylation sites is 1. The van der Waals surface area contributed by atoms with Gasteiger partial charge in [0.15, 0.2) is 0 Å². The molecule has 0 radical (unpaired) electrons. The number of amides is 2. The second-order valence-electron chi connectivity index (χ2n) is 4.84. The summed E-state index contributed by atoms with van der Waals surface area (Å²) in [4.78, 5) is 35.0. The first-order valence-electron chi connectivity index (χ1n) is 7.06. The molecule has 2 amide bonds. The lowest BCUT2D eigenvalue weighted by molar-refractivity contribution is -0.387. The molecule has 130 valence electrons. The van der Waals surface area contributed by atoms with E-state index in [2.05, 4.69) is 5.32 Å². The lowest BCUT2D eigenvalue weighted by atomic mass is 10.2. The Morgan fingerprint density at radius 1 is 1.20 bits per heavy atom. The van der Waals surface area contributed by atoms with Crippen LogP contribution in [0, 0.1) is 10.1 Å². The van der Waals surface area contributed by atoms with Crippen molar-refractivity contribution in [1.29, 1.82) is 0 Å². The van der Waals surface area contributed by atoms with Crippen molar-refractivity contribution in [3.8, 4) is 0 Å². The quantitative estimate of drug-likeness (QED) is 0.435. The SMILES string of the molecule is CSc1ccccc1NC(=O)CSc1ccc(C(N)=O)cc1[N+](=O)[O-]. The van der Waals surface area contributed by atoms with Crippen LogP contribution in [0.5, 0.6) is 0 Å². The third kappa shape index (κ3) is 4.97. The molecule has 2 rings (SSSR count). The molecule has 0 spiro atoms. The minimum absolute atomic E-state index is 0.000522. The lowest BCUT2D eigenvalue weighted by Gasteiger charge is -2.09. The Hall–Kier alpha value is -2.52. The number of nitrogens with one attached hydrogen (secondary N) is 1. The van der Waals surface area contributed by atoms with Crippen LogP contribution < -0.4 is 11.1 Å². The molecule has 0 unspecified atom stereocenters. The van der Waals surface area contributed by atoms with Gasteiger partial charge in [0.25, 0.3) is 5.69 Å². The summed E-state index contributed by atoms with van der Waals surface area (Å²) in [6, 6.07) is 11.3. The number of nitrogens with zero attached hydrogens (tertiary/aromatic N) is 1. The fourth-order valence-electron chi connectivity index (χ4n) is 2.01. The Morgan fingerprint density at radius 3 is 2.56 bits per heavy atom. The fourth-order valence-corrected chi connectivity index (χ4v) is 3.37. The summed E-state index contributed by atoms with van der Waals surface area (Å²) >= 11 is 2.53.